The molecule has 48 heavy (non-hydrogen) atoms. The topological polar surface area (TPSA) is 121 Å². The largest absolute Gasteiger partial charge is 0.394 e. The number of aliphatic hydroxyl groups is 1. The van der Waals surface area contributed by atoms with Gasteiger partial charge in [-0.05, 0) is 43.4 Å². The van der Waals surface area contributed by atoms with Gasteiger partial charge in [0.1, 0.15) is 23.8 Å². The van der Waals surface area contributed by atoms with Gasteiger partial charge in [-0.1, -0.05) is 80.1 Å². The first-order valence-electron chi connectivity index (χ1n) is 16.9. The molecule has 1 spiro atoms. The minimum atomic E-state index is -1.25. The highest BCUT2D eigenvalue weighted by Crippen LogP contribution is 2.64. The number of likely N-dealkylation sites (tertiary alicyclic amines) is 1. The Morgan fingerprint density at radius 2 is 1.75 bits per heavy atom. The third-order valence-electron chi connectivity index (χ3n) is 10.8. The number of carbonyl (C=O) groups is 3. The number of aromatic nitrogens is 3. The van der Waals surface area contributed by atoms with Crippen LogP contribution in [-0.2, 0) is 32.3 Å². The number of fused-ring (bicyclic) bond motifs is 2. The fraction of sp³-hybridized carbons (Fsp3) is 0.486. The van der Waals surface area contributed by atoms with Gasteiger partial charge in [-0.25, -0.2) is 4.68 Å². The van der Waals surface area contributed by atoms with Crippen LogP contribution in [0.25, 0.3) is 11.0 Å². The molecule has 1 aromatic heterocycles. The Morgan fingerprint density at radius 1 is 1.06 bits per heavy atom. The molecule has 3 aliphatic heterocycles. The van der Waals surface area contributed by atoms with Gasteiger partial charge in [0.15, 0.2) is 0 Å². The van der Waals surface area contributed by atoms with Crippen LogP contribution in [0.1, 0.15) is 45.6 Å². The summed E-state index contributed by atoms with van der Waals surface area (Å²) in [5, 5.41) is 19.3. The maximum atomic E-state index is 15.0. The van der Waals surface area contributed by atoms with Crippen LogP contribution in [0.15, 0.2) is 79.9 Å². The fourth-order valence-corrected chi connectivity index (χ4v) is 8.31. The Kier molecular flexibility index (Phi) is 9.28. The van der Waals surface area contributed by atoms with E-state index in [1.165, 1.54) is 0 Å². The van der Waals surface area contributed by atoms with Gasteiger partial charge in [0.25, 0.3) is 0 Å². The maximum absolute atomic E-state index is 15.0. The average molecular weight is 655 g/mol. The van der Waals surface area contributed by atoms with Gasteiger partial charge in [-0.15, -0.1) is 18.3 Å². The lowest BCUT2D eigenvalue weighted by molar-refractivity contribution is -0.158. The maximum Gasteiger partial charge on any atom is 0.250 e. The van der Waals surface area contributed by atoms with Gasteiger partial charge < -0.3 is 24.5 Å². The highest BCUT2D eigenvalue weighted by Gasteiger charge is 2.79. The van der Waals surface area contributed by atoms with E-state index < -0.39 is 35.1 Å². The van der Waals surface area contributed by atoms with E-state index in [4.69, 9.17) is 4.74 Å². The van der Waals surface area contributed by atoms with E-state index in [0.717, 1.165) is 11.1 Å². The van der Waals surface area contributed by atoms with Gasteiger partial charge in [0, 0.05) is 19.6 Å². The second-order valence-corrected chi connectivity index (χ2v) is 13.7. The van der Waals surface area contributed by atoms with Crippen LogP contribution in [0, 0.1) is 17.8 Å². The zero-order valence-electron chi connectivity index (χ0n) is 28.1. The summed E-state index contributed by atoms with van der Waals surface area (Å²) >= 11 is 0. The lowest BCUT2D eigenvalue weighted by atomic mass is 9.66. The normalized spacial score (nSPS) is 27.1. The van der Waals surface area contributed by atoms with Gasteiger partial charge in [0.05, 0.1) is 35.6 Å². The number of nitrogens with zero attached hydrogens (tertiary/aromatic N) is 6. The number of hydrogen-bond acceptors (Lipinski definition) is 7. The van der Waals surface area contributed by atoms with Gasteiger partial charge >= 0.3 is 0 Å². The first-order chi connectivity index (χ1) is 23.1. The van der Waals surface area contributed by atoms with E-state index in [1.807, 2.05) is 75.4 Å². The molecule has 0 aliphatic carbocycles. The standard InChI is InChI=1S/C37H46N6O5/c1-6-20-40(22-26-14-10-9-11-15-26)33(45)30-31-34(46)43(29(23-44)25(4)8-3)32(37(31)19-18-36(30,5)48-37)35(47)41(21-7-2)24-42-28-17-13-12-16-27(28)38-39-42/h6-7,9-17,25,29-32,44H,1-2,8,18-24H2,3-5H3/t25-,29-,30-,31-,32?,36+,37?/m0/s1. The van der Waals surface area contributed by atoms with Crippen LogP contribution in [0.5, 0.6) is 0 Å². The lowest BCUT2D eigenvalue weighted by Gasteiger charge is -2.41. The monoisotopic (exact) mass is 654 g/mol. The molecule has 3 amide bonds. The van der Waals surface area contributed by atoms with Crippen LogP contribution in [0.2, 0.25) is 0 Å². The Hall–Kier alpha value is -4.35. The molecule has 3 aliphatic rings. The highest BCUT2D eigenvalue weighted by atomic mass is 16.5. The van der Waals surface area contributed by atoms with E-state index in [2.05, 4.69) is 23.5 Å². The van der Waals surface area contributed by atoms with Crippen molar-refractivity contribution in [2.24, 2.45) is 17.8 Å². The second-order valence-electron chi connectivity index (χ2n) is 13.7. The van der Waals surface area contributed by atoms with Crippen LogP contribution in [-0.4, -0.2) is 95.5 Å². The van der Waals surface area contributed by atoms with E-state index in [0.29, 0.717) is 37.9 Å². The highest BCUT2D eigenvalue weighted by molar-refractivity contribution is 5.99. The molecule has 11 heteroatoms. The molecule has 3 saturated heterocycles. The zero-order chi connectivity index (χ0) is 34.2. The van der Waals surface area contributed by atoms with Crippen molar-refractivity contribution < 1.29 is 24.2 Å². The smallest absolute Gasteiger partial charge is 0.250 e. The predicted molar refractivity (Wildman–Crippen MR) is 181 cm³/mol. The molecule has 3 fully saturated rings. The van der Waals surface area contributed by atoms with Crippen molar-refractivity contribution in [3.63, 3.8) is 0 Å². The van der Waals surface area contributed by atoms with Crippen LogP contribution < -0.4 is 0 Å². The summed E-state index contributed by atoms with van der Waals surface area (Å²) in [6.07, 6.45) is 4.96. The van der Waals surface area contributed by atoms with Crippen molar-refractivity contribution >= 4 is 28.8 Å². The van der Waals surface area contributed by atoms with E-state index >= 15 is 4.79 Å². The summed E-state index contributed by atoms with van der Waals surface area (Å²) in [5.74, 6) is -2.68. The molecular weight excluding hydrogens is 608 g/mol. The number of amides is 3. The Morgan fingerprint density at radius 3 is 2.44 bits per heavy atom. The summed E-state index contributed by atoms with van der Waals surface area (Å²) in [7, 11) is 0. The quantitative estimate of drug-likeness (QED) is 0.263. The van der Waals surface area contributed by atoms with Crippen LogP contribution >= 0.6 is 0 Å². The van der Waals surface area contributed by atoms with Crippen molar-refractivity contribution in [1.29, 1.82) is 0 Å². The molecule has 6 rings (SSSR count). The fourth-order valence-electron chi connectivity index (χ4n) is 8.31. The number of ether oxygens (including phenoxy) is 1. The van der Waals surface area contributed by atoms with Crippen molar-refractivity contribution in [1.82, 2.24) is 29.7 Å². The summed E-state index contributed by atoms with van der Waals surface area (Å²) < 4.78 is 8.59. The van der Waals surface area contributed by atoms with Gasteiger partial charge in [-0.3, -0.25) is 14.4 Å². The molecule has 2 bridgehead atoms. The SMILES string of the molecule is C=CCN(Cn1nnc2ccccc21)C(=O)C1N([C@@H](CO)[C@@H](C)CC)C(=O)[C@@H]2[C@@H](C(=O)N(CC=C)Cc3ccccc3)[C@@]3(C)CCC12O3. The number of aliphatic hydroxyl groups excluding tert-OH is 1. The average Bonchev–Trinajstić information content (AvgIpc) is 3.80. The number of hydrogen-bond donors (Lipinski definition) is 1. The predicted octanol–water partition coefficient (Wildman–Crippen LogP) is 3.79. The molecular formula is C37H46N6O5. The Labute approximate surface area is 281 Å². The molecule has 0 saturated carbocycles. The zero-order valence-corrected chi connectivity index (χ0v) is 28.1. The summed E-state index contributed by atoms with van der Waals surface area (Å²) in [4.78, 5) is 49.5. The molecule has 11 nitrogen and oxygen atoms in total. The Balaban J connectivity index is 1.42. The molecule has 3 aromatic rings. The lowest BCUT2D eigenvalue weighted by Crippen LogP contribution is -2.60. The first-order valence-corrected chi connectivity index (χ1v) is 16.9. The summed E-state index contributed by atoms with van der Waals surface area (Å²) in [6.45, 7) is 14.2. The molecule has 4 heterocycles. The van der Waals surface area contributed by atoms with Crippen molar-refractivity contribution in [3.05, 3.63) is 85.5 Å². The summed E-state index contributed by atoms with van der Waals surface area (Å²) in [5.41, 5.74) is 0.222. The van der Waals surface area contributed by atoms with E-state index in [9.17, 15) is 14.7 Å². The molecule has 7 atom stereocenters. The van der Waals surface area contributed by atoms with E-state index in [-0.39, 0.29) is 43.5 Å². The third kappa shape index (κ3) is 5.42. The molecule has 2 aromatic carbocycles. The molecule has 254 valence electrons. The molecule has 1 N–H and O–H groups in total. The number of benzene rings is 2. The van der Waals surface area contributed by atoms with Crippen LogP contribution in [0.4, 0.5) is 0 Å². The third-order valence-corrected chi connectivity index (χ3v) is 10.8. The van der Waals surface area contributed by atoms with Gasteiger partial charge in [0.2, 0.25) is 17.7 Å². The minimum Gasteiger partial charge on any atom is -0.394 e. The Bertz CT molecular complexity index is 1690. The second kappa shape index (κ2) is 13.3. The first kappa shape index (κ1) is 33.5. The van der Waals surface area contributed by atoms with Crippen molar-refractivity contribution in [3.8, 4) is 0 Å². The molecule has 0 radical (unpaired) electrons. The number of rotatable bonds is 14. The van der Waals surface area contributed by atoms with Crippen LogP contribution in [0.3, 0.4) is 0 Å². The minimum absolute atomic E-state index is 0.0710. The number of carbonyl (C=O) groups excluding carboxylic acids is 3. The van der Waals surface area contributed by atoms with Gasteiger partial charge in [-0.2, -0.15) is 0 Å². The van der Waals surface area contributed by atoms with Crippen molar-refractivity contribution in [2.75, 3.05) is 19.7 Å². The van der Waals surface area contributed by atoms with Crippen molar-refractivity contribution in [2.45, 2.75) is 76.5 Å². The summed E-state index contributed by atoms with van der Waals surface area (Å²) in [6, 6.07) is 15.5. The van der Waals surface area contributed by atoms with E-state index in [1.54, 1.807) is 31.5 Å². The molecule has 2 unspecified atom stereocenters. The number of para-hydroxylation sites is 1.